The van der Waals surface area contributed by atoms with Crippen LogP contribution >= 0.6 is 24.0 Å². The van der Waals surface area contributed by atoms with Crippen LogP contribution in [-0.2, 0) is 11.3 Å². The number of hydrogen-bond donors (Lipinski definition) is 3. The molecule has 0 amide bonds. The van der Waals surface area contributed by atoms with Gasteiger partial charge in [-0.2, -0.15) is 0 Å². The first-order valence-corrected chi connectivity index (χ1v) is 11.0. The number of aryl methyl sites for hydroxylation is 1. The molecule has 1 aromatic heterocycles. The van der Waals surface area contributed by atoms with Crippen molar-refractivity contribution in [3.05, 3.63) is 71.4 Å². The lowest BCUT2D eigenvalue weighted by Gasteiger charge is -2.32. The molecule has 1 saturated heterocycles. The highest BCUT2D eigenvalue weighted by molar-refractivity contribution is 14.0. The number of H-pyrrole nitrogens is 1. The molecule has 2 unspecified atom stereocenters. The summed E-state index contributed by atoms with van der Waals surface area (Å²) in [5, 5.41) is 8.15. The number of aromatic nitrogens is 1. The smallest absolute Gasteiger partial charge is 0.191 e. The summed E-state index contributed by atoms with van der Waals surface area (Å²) in [4.78, 5) is 8.24. The first kappa shape index (κ1) is 23.6. The lowest BCUT2D eigenvalue weighted by atomic mass is 9.89. The molecule has 2 heterocycles. The van der Waals surface area contributed by atoms with Gasteiger partial charge in [-0.3, -0.25) is 0 Å². The van der Waals surface area contributed by atoms with E-state index in [0.717, 1.165) is 49.7 Å². The number of rotatable bonds is 6. The van der Waals surface area contributed by atoms with Gasteiger partial charge in [-0.15, -0.1) is 24.0 Å². The van der Waals surface area contributed by atoms with Crippen LogP contribution in [-0.4, -0.2) is 30.6 Å². The van der Waals surface area contributed by atoms with Gasteiger partial charge in [0.25, 0.3) is 0 Å². The zero-order chi connectivity index (χ0) is 20.8. The molecule has 4 rings (SSSR count). The van der Waals surface area contributed by atoms with Gasteiger partial charge in [-0.05, 0) is 49.8 Å². The first-order chi connectivity index (χ1) is 14.7. The minimum atomic E-state index is 0. The van der Waals surface area contributed by atoms with Gasteiger partial charge in [-0.1, -0.05) is 48.0 Å². The molecule has 0 aliphatic carbocycles. The summed E-state index contributed by atoms with van der Waals surface area (Å²) < 4.78 is 6.17. The Morgan fingerprint density at radius 2 is 1.94 bits per heavy atom. The van der Waals surface area contributed by atoms with E-state index in [1.54, 1.807) is 0 Å². The zero-order valence-electron chi connectivity index (χ0n) is 18.4. The van der Waals surface area contributed by atoms with Gasteiger partial charge in [0.1, 0.15) is 0 Å². The topological polar surface area (TPSA) is 61.4 Å². The van der Waals surface area contributed by atoms with Crippen LogP contribution in [0.3, 0.4) is 0 Å². The third kappa shape index (κ3) is 6.23. The predicted octanol–water partition coefficient (Wildman–Crippen LogP) is 5.32. The standard InChI is InChI=1S/C25H32N4O.HI/c1-3-26-25(28-17-22-15-20-7-4-5-9-23(20)29-22)27-16-21-8-6-14-30-24(21)19-12-10-18(2)11-13-19;/h4-5,7,9-13,15,21,24,29H,3,6,8,14,16-17H2,1-2H3,(H2,26,27,28);1H. The molecule has 0 spiro atoms. The molecule has 2 aromatic carbocycles. The molecule has 166 valence electrons. The van der Waals surface area contributed by atoms with Crippen LogP contribution in [0.1, 0.15) is 42.7 Å². The fraction of sp³-hybridized carbons (Fsp3) is 0.400. The van der Waals surface area contributed by atoms with Crippen molar-refractivity contribution < 1.29 is 4.74 Å². The van der Waals surface area contributed by atoms with Crippen molar-refractivity contribution in [3.63, 3.8) is 0 Å². The lowest BCUT2D eigenvalue weighted by Crippen LogP contribution is -2.42. The third-order valence-electron chi connectivity index (χ3n) is 5.72. The van der Waals surface area contributed by atoms with Crippen LogP contribution in [0.15, 0.2) is 59.6 Å². The SMILES string of the molecule is CCNC(=NCc1cc2ccccc2[nH]1)NCC1CCCOC1c1ccc(C)cc1.I. The summed E-state index contributed by atoms with van der Waals surface area (Å²) in [6.45, 7) is 7.35. The molecular formula is C25H33IN4O. The van der Waals surface area contributed by atoms with Crippen molar-refractivity contribution in [2.24, 2.45) is 10.9 Å². The fourth-order valence-electron chi connectivity index (χ4n) is 4.13. The van der Waals surface area contributed by atoms with Crippen LogP contribution in [0, 0.1) is 12.8 Å². The van der Waals surface area contributed by atoms with E-state index in [0.29, 0.717) is 12.5 Å². The number of benzene rings is 2. The number of nitrogens with one attached hydrogen (secondary N) is 3. The van der Waals surface area contributed by atoms with Crippen LogP contribution in [0.4, 0.5) is 0 Å². The average Bonchev–Trinajstić information content (AvgIpc) is 3.19. The largest absolute Gasteiger partial charge is 0.373 e. The Labute approximate surface area is 202 Å². The minimum Gasteiger partial charge on any atom is -0.373 e. The van der Waals surface area contributed by atoms with E-state index in [4.69, 9.17) is 9.73 Å². The maximum atomic E-state index is 6.17. The highest BCUT2D eigenvalue weighted by Crippen LogP contribution is 2.33. The number of aliphatic imine (C=N–C) groups is 1. The summed E-state index contributed by atoms with van der Waals surface area (Å²) in [7, 11) is 0. The summed E-state index contributed by atoms with van der Waals surface area (Å²) in [5.74, 6) is 1.28. The minimum absolute atomic E-state index is 0. The van der Waals surface area contributed by atoms with Crippen molar-refractivity contribution in [3.8, 4) is 0 Å². The van der Waals surface area contributed by atoms with Crippen molar-refractivity contribution >= 4 is 40.8 Å². The number of fused-ring (bicyclic) bond motifs is 1. The van der Waals surface area contributed by atoms with Gasteiger partial charge < -0.3 is 20.4 Å². The summed E-state index contributed by atoms with van der Waals surface area (Å²) in [5.41, 5.74) is 4.82. The van der Waals surface area contributed by atoms with Gasteiger partial charge in [0.2, 0.25) is 0 Å². The van der Waals surface area contributed by atoms with E-state index in [2.05, 4.69) is 78.0 Å². The third-order valence-corrected chi connectivity index (χ3v) is 5.72. The number of ether oxygens (including phenoxy) is 1. The number of hydrogen-bond acceptors (Lipinski definition) is 2. The zero-order valence-corrected chi connectivity index (χ0v) is 20.7. The first-order valence-electron chi connectivity index (χ1n) is 11.0. The van der Waals surface area contributed by atoms with Gasteiger partial charge in [-0.25, -0.2) is 4.99 Å². The Balaban J connectivity index is 0.00000272. The van der Waals surface area contributed by atoms with E-state index in [9.17, 15) is 0 Å². The molecule has 0 radical (unpaired) electrons. The highest BCUT2D eigenvalue weighted by atomic mass is 127. The monoisotopic (exact) mass is 532 g/mol. The predicted molar refractivity (Wildman–Crippen MR) is 139 cm³/mol. The molecule has 1 aliphatic rings. The van der Waals surface area contributed by atoms with Gasteiger partial charge in [0.15, 0.2) is 5.96 Å². The molecule has 0 bridgehead atoms. The summed E-state index contributed by atoms with van der Waals surface area (Å²) >= 11 is 0. The van der Waals surface area contributed by atoms with Gasteiger partial charge in [0, 0.05) is 36.8 Å². The van der Waals surface area contributed by atoms with Crippen molar-refractivity contribution in [1.82, 2.24) is 15.6 Å². The average molecular weight is 532 g/mol. The van der Waals surface area contributed by atoms with Crippen LogP contribution in [0.2, 0.25) is 0 Å². The molecule has 0 saturated carbocycles. The van der Waals surface area contributed by atoms with E-state index in [1.807, 2.05) is 6.07 Å². The molecule has 1 aliphatic heterocycles. The van der Waals surface area contributed by atoms with Crippen LogP contribution in [0.25, 0.3) is 10.9 Å². The number of aromatic amines is 1. The molecule has 31 heavy (non-hydrogen) atoms. The molecular weight excluding hydrogens is 499 g/mol. The van der Waals surface area contributed by atoms with Crippen molar-refractivity contribution in [1.29, 1.82) is 0 Å². The molecule has 6 heteroatoms. The second-order valence-electron chi connectivity index (χ2n) is 8.06. The van der Waals surface area contributed by atoms with E-state index in [1.165, 1.54) is 16.5 Å². The fourth-order valence-corrected chi connectivity index (χ4v) is 4.13. The Kier molecular flexibility index (Phi) is 8.78. The van der Waals surface area contributed by atoms with E-state index >= 15 is 0 Å². The molecule has 2 atom stereocenters. The summed E-state index contributed by atoms with van der Waals surface area (Å²) in [6.07, 6.45) is 2.41. The van der Waals surface area contributed by atoms with Crippen molar-refractivity contribution in [2.75, 3.05) is 19.7 Å². The number of halogens is 1. The number of nitrogens with zero attached hydrogens (tertiary/aromatic N) is 1. The molecule has 1 fully saturated rings. The molecule has 3 aromatic rings. The van der Waals surface area contributed by atoms with Crippen LogP contribution in [0.5, 0.6) is 0 Å². The second-order valence-corrected chi connectivity index (χ2v) is 8.06. The molecule has 5 nitrogen and oxygen atoms in total. The van der Waals surface area contributed by atoms with E-state index < -0.39 is 0 Å². The molecule has 3 N–H and O–H groups in total. The lowest BCUT2D eigenvalue weighted by molar-refractivity contribution is -0.0265. The van der Waals surface area contributed by atoms with Gasteiger partial charge in [0.05, 0.1) is 12.6 Å². The van der Waals surface area contributed by atoms with Crippen molar-refractivity contribution in [2.45, 2.75) is 39.3 Å². The Bertz CT molecular complexity index is 950. The maximum absolute atomic E-state index is 6.17. The normalized spacial score (nSPS) is 19.1. The number of para-hydroxylation sites is 1. The quantitative estimate of drug-likeness (QED) is 0.229. The van der Waals surface area contributed by atoms with Crippen LogP contribution < -0.4 is 10.6 Å². The number of guanidine groups is 1. The second kappa shape index (κ2) is 11.5. The maximum Gasteiger partial charge on any atom is 0.191 e. The van der Waals surface area contributed by atoms with E-state index in [-0.39, 0.29) is 30.1 Å². The Morgan fingerprint density at radius 1 is 1.13 bits per heavy atom. The Morgan fingerprint density at radius 3 is 2.71 bits per heavy atom. The highest BCUT2D eigenvalue weighted by Gasteiger charge is 2.27. The Hall–Kier alpha value is -2.06. The van der Waals surface area contributed by atoms with Gasteiger partial charge >= 0.3 is 0 Å². The summed E-state index contributed by atoms with van der Waals surface area (Å²) in [6, 6.07) is 19.2.